The minimum Gasteiger partial charge on any atom is -0.340 e. The molecule has 0 saturated heterocycles. The number of carbonyl (C=O) groups excluding carboxylic acids is 3. The Hall–Kier alpha value is -5.05. The van der Waals surface area contributed by atoms with E-state index in [1.807, 2.05) is 30.3 Å². The quantitative estimate of drug-likeness (QED) is 0.294. The molecule has 1 atom stereocenters. The number of benzene rings is 4. The van der Waals surface area contributed by atoms with Gasteiger partial charge in [0.15, 0.2) is 0 Å². The fourth-order valence-electron chi connectivity index (χ4n) is 3.95. The Bertz CT molecular complexity index is 1450. The molecule has 2 N–H and O–H groups in total. The number of anilines is 1. The van der Waals surface area contributed by atoms with Crippen LogP contribution in [0.15, 0.2) is 97.1 Å². The highest BCUT2D eigenvalue weighted by Gasteiger charge is 2.26. The number of para-hydroxylation sites is 1. The van der Waals surface area contributed by atoms with Gasteiger partial charge in [-0.15, -0.1) is 0 Å². The highest BCUT2D eigenvalue weighted by molar-refractivity contribution is 6.08. The normalized spacial score (nSPS) is 11.4. The van der Waals surface area contributed by atoms with Crippen LogP contribution in [-0.2, 0) is 16.0 Å². The predicted octanol–water partition coefficient (Wildman–Crippen LogP) is 4.17. The predicted molar refractivity (Wildman–Crippen MR) is 140 cm³/mol. The summed E-state index contributed by atoms with van der Waals surface area (Å²) in [7, 11) is 0. The molecule has 0 aromatic heterocycles. The summed E-state index contributed by atoms with van der Waals surface area (Å²) in [5.41, 5.74) is 3.96. The third-order valence-corrected chi connectivity index (χ3v) is 5.79. The number of carbonyl (C=O) groups is 3. The van der Waals surface area contributed by atoms with Crippen LogP contribution >= 0.6 is 0 Å². The summed E-state index contributed by atoms with van der Waals surface area (Å²) < 4.78 is 0. The molecule has 4 rings (SSSR count). The van der Waals surface area contributed by atoms with Crippen LogP contribution in [0.2, 0.25) is 0 Å². The molecule has 0 spiro atoms. The van der Waals surface area contributed by atoms with Crippen LogP contribution in [0.25, 0.3) is 10.8 Å². The molecule has 0 fully saturated rings. The average molecular weight is 497 g/mol. The van der Waals surface area contributed by atoms with Crippen LogP contribution in [0.1, 0.15) is 22.8 Å². The lowest BCUT2D eigenvalue weighted by molar-refractivity contribution is -0.384. The Kier molecular flexibility index (Phi) is 7.53. The van der Waals surface area contributed by atoms with E-state index in [1.165, 1.54) is 31.2 Å². The molecule has 0 heterocycles. The van der Waals surface area contributed by atoms with Crippen molar-refractivity contribution in [3.8, 4) is 0 Å². The first-order valence-corrected chi connectivity index (χ1v) is 11.5. The van der Waals surface area contributed by atoms with E-state index in [0.717, 1.165) is 15.8 Å². The number of fused-ring (bicyclic) bond motifs is 1. The summed E-state index contributed by atoms with van der Waals surface area (Å²) in [5, 5.41) is 16.5. The highest BCUT2D eigenvalue weighted by Crippen LogP contribution is 2.19. The van der Waals surface area contributed by atoms with Gasteiger partial charge in [-0.05, 0) is 34.5 Å². The van der Waals surface area contributed by atoms with Crippen molar-refractivity contribution in [1.29, 1.82) is 0 Å². The molecule has 186 valence electrons. The van der Waals surface area contributed by atoms with Crippen molar-refractivity contribution in [2.75, 3.05) is 5.01 Å². The second kappa shape index (κ2) is 11.1. The van der Waals surface area contributed by atoms with Crippen LogP contribution in [0.5, 0.6) is 0 Å². The summed E-state index contributed by atoms with van der Waals surface area (Å²) in [5.74, 6) is -1.51. The monoisotopic (exact) mass is 496 g/mol. The van der Waals surface area contributed by atoms with E-state index >= 15 is 0 Å². The lowest BCUT2D eigenvalue weighted by Crippen LogP contribution is -2.54. The van der Waals surface area contributed by atoms with E-state index in [2.05, 4.69) is 10.7 Å². The molecule has 0 bridgehead atoms. The first kappa shape index (κ1) is 25.1. The van der Waals surface area contributed by atoms with Gasteiger partial charge < -0.3 is 5.32 Å². The molecule has 9 nitrogen and oxygen atoms in total. The molecule has 4 aromatic rings. The third-order valence-electron chi connectivity index (χ3n) is 5.79. The Balaban J connectivity index is 1.63. The summed E-state index contributed by atoms with van der Waals surface area (Å²) in [6, 6.07) is 25.9. The van der Waals surface area contributed by atoms with Crippen molar-refractivity contribution in [2.45, 2.75) is 19.4 Å². The number of non-ortho nitro benzene ring substituents is 1. The van der Waals surface area contributed by atoms with Gasteiger partial charge in [-0.25, -0.2) is 5.01 Å². The third kappa shape index (κ3) is 5.96. The van der Waals surface area contributed by atoms with Crippen molar-refractivity contribution in [2.24, 2.45) is 0 Å². The van der Waals surface area contributed by atoms with Crippen molar-refractivity contribution in [3.05, 3.63) is 118 Å². The van der Waals surface area contributed by atoms with E-state index in [-0.39, 0.29) is 12.1 Å². The van der Waals surface area contributed by atoms with Gasteiger partial charge in [-0.1, -0.05) is 66.7 Å². The Morgan fingerprint density at radius 3 is 2.19 bits per heavy atom. The van der Waals surface area contributed by atoms with Crippen molar-refractivity contribution in [3.63, 3.8) is 0 Å². The molecule has 0 aliphatic heterocycles. The molecule has 9 heteroatoms. The molecular weight excluding hydrogens is 472 g/mol. The van der Waals surface area contributed by atoms with Gasteiger partial charge >= 0.3 is 0 Å². The topological polar surface area (TPSA) is 122 Å². The number of nitro benzene ring substituents is 1. The molecule has 37 heavy (non-hydrogen) atoms. The summed E-state index contributed by atoms with van der Waals surface area (Å²) >= 11 is 0. The lowest BCUT2D eigenvalue weighted by Gasteiger charge is -2.26. The molecule has 0 aliphatic rings. The van der Waals surface area contributed by atoms with E-state index < -0.39 is 28.7 Å². The second-order valence-corrected chi connectivity index (χ2v) is 8.35. The molecular formula is C28H24N4O5. The molecule has 3 amide bonds. The van der Waals surface area contributed by atoms with Crippen molar-refractivity contribution < 1.29 is 19.3 Å². The Labute approximate surface area is 212 Å². The maximum absolute atomic E-state index is 13.4. The fraction of sp³-hybridized carbons (Fsp3) is 0.107. The number of hydrogen-bond donors (Lipinski definition) is 2. The van der Waals surface area contributed by atoms with E-state index in [9.17, 15) is 24.5 Å². The SMILES string of the molecule is CC(=O)N(NC(=O)[C@H](Cc1ccc([N+](=O)[O-])cc1)NC(=O)c1cccc2ccccc12)c1ccccc1. The fourth-order valence-corrected chi connectivity index (χ4v) is 3.95. The zero-order valence-electron chi connectivity index (χ0n) is 20.0. The van der Waals surface area contributed by atoms with E-state index in [1.54, 1.807) is 42.5 Å². The largest absolute Gasteiger partial charge is 0.340 e. The van der Waals surface area contributed by atoms with Crippen LogP contribution in [-0.4, -0.2) is 28.7 Å². The molecule has 0 radical (unpaired) electrons. The highest BCUT2D eigenvalue weighted by atomic mass is 16.6. The molecule has 4 aromatic carbocycles. The summed E-state index contributed by atoms with van der Waals surface area (Å²) in [4.78, 5) is 49.6. The number of rotatable bonds is 7. The first-order chi connectivity index (χ1) is 17.8. The lowest BCUT2D eigenvalue weighted by atomic mass is 10.0. The number of hydrogen-bond acceptors (Lipinski definition) is 5. The van der Waals surface area contributed by atoms with Crippen LogP contribution < -0.4 is 15.8 Å². The van der Waals surface area contributed by atoms with Crippen molar-refractivity contribution >= 4 is 39.9 Å². The maximum Gasteiger partial charge on any atom is 0.269 e. The number of nitro groups is 1. The zero-order chi connectivity index (χ0) is 26.4. The number of nitrogens with zero attached hydrogens (tertiary/aromatic N) is 2. The van der Waals surface area contributed by atoms with Gasteiger partial charge in [-0.2, -0.15) is 0 Å². The number of hydrazine groups is 1. The zero-order valence-corrected chi connectivity index (χ0v) is 20.0. The minimum absolute atomic E-state index is 0.0425. The minimum atomic E-state index is -1.08. The van der Waals surface area contributed by atoms with Crippen LogP contribution in [0.3, 0.4) is 0 Å². The van der Waals surface area contributed by atoms with E-state index in [0.29, 0.717) is 16.8 Å². The standard InChI is InChI=1S/C28H24N4O5/c1-19(33)31(22-10-3-2-4-11-22)30-28(35)26(18-20-14-16-23(17-15-20)32(36)37)29-27(34)25-13-7-9-21-8-5-6-12-24(21)25/h2-17,26H,18H2,1H3,(H,29,34)(H,30,35)/t26-/m0/s1. The van der Waals surface area contributed by atoms with Gasteiger partial charge in [-0.3, -0.25) is 29.9 Å². The Morgan fingerprint density at radius 1 is 0.865 bits per heavy atom. The van der Waals surface area contributed by atoms with Crippen molar-refractivity contribution in [1.82, 2.24) is 10.7 Å². The van der Waals surface area contributed by atoms with Gasteiger partial charge in [0.2, 0.25) is 5.91 Å². The number of amides is 3. The van der Waals surface area contributed by atoms with Crippen LogP contribution in [0, 0.1) is 10.1 Å². The number of nitrogens with one attached hydrogen (secondary N) is 2. The van der Waals surface area contributed by atoms with Gasteiger partial charge in [0.05, 0.1) is 10.6 Å². The first-order valence-electron chi connectivity index (χ1n) is 11.5. The maximum atomic E-state index is 13.4. The van der Waals surface area contributed by atoms with Gasteiger partial charge in [0.1, 0.15) is 6.04 Å². The molecule has 0 aliphatic carbocycles. The summed E-state index contributed by atoms with van der Waals surface area (Å²) in [6.07, 6.45) is 0.0425. The smallest absolute Gasteiger partial charge is 0.269 e. The molecule has 0 unspecified atom stereocenters. The Morgan fingerprint density at radius 2 is 1.51 bits per heavy atom. The van der Waals surface area contributed by atoms with Crippen LogP contribution in [0.4, 0.5) is 11.4 Å². The van der Waals surface area contributed by atoms with Gasteiger partial charge in [0, 0.05) is 31.0 Å². The second-order valence-electron chi connectivity index (χ2n) is 8.35. The average Bonchev–Trinajstić information content (AvgIpc) is 2.91. The van der Waals surface area contributed by atoms with E-state index in [4.69, 9.17) is 0 Å². The van der Waals surface area contributed by atoms with Gasteiger partial charge in [0.25, 0.3) is 17.5 Å². The molecule has 0 saturated carbocycles. The summed E-state index contributed by atoms with van der Waals surface area (Å²) in [6.45, 7) is 1.31.